The number of pyridine rings is 2. The quantitative estimate of drug-likeness (QED) is 0.391. The fourth-order valence-corrected chi connectivity index (χ4v) is 1.83. The Bertz CT molecular complexity index is 758. The number of benzene rings is 1. The molecule has 0 unspecified atom stereocenters. The van der Waals surface area contributed by atoms with Crippen LogP contribution in [0.15, 0.2) is 42.6 Å². The first kappa shape index (κ1) is 10.4. The van der Waals surface area contributed by atoms with E-state index in [1.54, 1.807) is 12.3 Å². The highest BCUT2D eigenvalue weighted by molar-refractivity contribution is 6.02. The van der Waals surface area contributed by atoms with Gasteiger partial charge < -0.3 is 0 Å². The van der Waals surface area contributed by atoms with E-state index >= 15 is 0 Å². The van der Waals surface area contributed by atoms with Crippen molar-refractivity contribution in [3.8, 4) is 5.88 Å². The molecule has 6 heteroatoms. The Kier molecular flexibility index (Phi) is 2.26. The van der Waals surface area contributed by atoms with Crippen LogP contribution in [0.3, 0.4) is 0 Å². The Morgan fingerprint density at radius 1 is 1.06 bits per heavy atom. The molecule has 1 aromatic carbocycles. The molecule has 0 N–H and O–H groups in total. The van der Waals surface area contributed by atoms with Gasteiger partial charge in [-0.3, -0.25) is 9.82 Å². The van der Waals surface area contributed by atoms with Crippen LogP contribution < -0.4 is 4.84 Å². The Morgan fingerprint density at radius 3 is 2.56 bits per heavy atom. The van der Waals surface area contributed by atoms with Crippen LogP contribution in [0, 0.1) is 10.1 Å². The summed E-state index contributed by atoms with van der Waals surface area (Å²) < 4.78 is 0. The number of fused-ring (bicyclic) bond motifs is 3. The van der Waals surface area contributed by atoms with Crippen molar-refractivity contribution in [3.63, 3.8) is 0 Å². The summed E-state index contributed by atoms with van der Waals surface area (Å²) in [6.07, 6.45) is 1.66. The lowest BCUT2D eigenvalue weighted by molar-refractivity contribution is -0.712. The smallest absolute Gasteiger partial charge is 0.256 e. The van der Waals surface area contributed by atoms with Crippen LogP contribution in [-0.4, -0.2) is 15.1 Å². The molecular weight excluding hydrogens is 234 g/mol. The molecule has 0 spiro atoms. The molecular formula is C12H7N3O3. The highest BCUT2D eigenvalue weighted by Gasteiger charge is 2.06. The molecule has 0 radical (unpaired) electrons. The first-order chi connectivity index (χ1) is 8.74. The van der Waals surface area contributed by atoms with Crippen molar-refractivity contribution in [3.05, 3.63) is 52.7 Å². The second kappa shape index (κ2) is 3.92. The highest BCUT2D eigenvalue weighted by atomic mass is 17.0. The number of hydrogen-bond donors (Lipinski definition) is 0. The molecule has 88 valence electrons. The van der Waals surface area contributed by atoms with Gasteiger partial charge in [-0.2, -0.15) is 0 Å². The van der Waals surface area contributed by atoms with E-state index in [0.29, 0.717) is 11.0 Å². The van der Waals surface area contributed by atoms with Crippen LogP contribution in [-0.2, 0) is 0 Å². The topological polar surface area (TPSA) is 78.2 Å². The lowest BCUT2D eigenvalue weighted by Gasteiger charge is -2.03. The van der Waals surface area contributed by atoms with Gasteiger partial charge in [-0.15, -0.1) is 10.1 Å². The van der Waals surface area contributed by atoms with Crippen molar-refractivity contribution < 1.29 is 9.92 Å². The maximum absolute atomic E-state index is 10.3. The lowest BCUT2D eigenvalue weighted by Crippen LogP contribution is -2.04. The van der Waals surface area contributed by atoms with Gasteiger partial charge in [-0.1, -0.05) is 18.2 Å². The van der Waals surface area contributed by atoms with E-state index in [0.717, 1.165) is 10.8 Å². The van der Waals surface area contributed by atoms with Gasteiger partial charge in [-0.25, -0.2) is 4.98 Å². The summed E-state index contributed by atoms with van der Waals surface area (Å²) in [5.41, 5.74) is 1.29. The predicted octanol–water partition coefficient (Wildman–Crippen LogP) is 2.35. The molecule has 0 bridgehead atoms. The second-order valence-corrected chi connectivity index (χ2v) is 3.68. The average molecular weight is 241 g/mol. The van der Waals surface area contributed by atoms with Crippen LogP contribution in [0.25, 0.3) is 21.8 Å². The Labute approximate surface area is 101 Å². The van der Waals surface area contributed by atoms with E-state index in [9.17, 15) is 10.1 Å². The second-order valence-electron chi connectivity index (χ2n) is 3.68. The monoisotopic (exact) mass is 241 g/mol. The highest BCUT2D eigenvalue weighted by Crippen LogP contribution is 2.23. The van der Waals surface area contributed by atoms with Gasteiger partial charge in [0.1, 0.15) is 0 Å². The van der Waals surface area contributed by atoms with Gasteiger partial charge >= 0.3 is 5.09 Å². The molecule has 2 heterocycles. The molecule has 0 amide bonds. The van der Waals surface area contributed by atoms with Crippen molar-refractivity contribution in [2.24, 2.45) is 0 Å². The predicted molar refractivity (Wildman–Crippen MR) is 64.7 cm³/mol. The summed E-state index contributed by atoms with van der Waals surface area (Å²) in [6, 6.07) is 10.7. The molecule has 0 atom stereocenters. The van der Waals surface area contributed by atoms with Crippen molar-refractivity contribution in [2.45, 2.75) is 0 Å². The zero-order valence-electron chi connectivity index (χ0n) is 9.11. The van der Waals surface area contributed by atoms with E-state index in [1.165, 1.54) is 6.07 Å². The third-order valence-electron chi connectivity index (χ3n) is 2.57. The van der Waals surface area contributed by atoms with Crippen LogP contribution in [0.4, 0.5) is 0 Å². The van der Waals surface area contributed by atoms with E-state index < -0.39 is 5.09 Å². The molecule has 0 saturated carbocycles. The van der Waals surface area contributed by atoms with Gasteiger partial charge in [-0.05, 0) is 18.2 Å². The normalized spacial score (nSPS) is 10.7. The fourth-order valence-electron chi connectivity index (χ4n) is 1.83. The third-order valence-corrected chi connectivity index (χ3v) is 2.57. The van der Waals surface area contributed by atoms with E-state index in [4.69, 9.17) is 0 Å². The minimum atomic E-state index is -0.882. The molecule has 0 aliphatic rings. The van der Waals surface area contributed by atoms with E-state index in [2.05, 4.69) is 14.8 Å². The third kappa shape index (κ3) is 1.69. The van der Waals surface area contributed by atoms with Crippen molar-refractivity contribution in [2.75, 3.05) is 0 Å². The van der Waals surface area contributed by atoms with Crippen LogP contribution in [0.5, 0.6) is 5.88 Å². The fraction of sp³-hybridized carbons (Fsp3) is 0. The van der Waals surface area contributed by atoms with Crippen LogP contribution >= 0.6 is 0 Å². The standard InChI is InChI=1S/C12H7N3O3/c16-15(17)18-10-6-5-9-4-3-8-2-1-7-13-11(8)12(9)14-10/h1-7H. The molecule has 6 nitrogen and oxygen atoms in total. The van der Waals surface area contributed by atoms with E-state index in [1.807, 2.05) is 24.3 Å². The zero-order valence-corrected chi connectivity index (χ0v) is 9.11. The van der Waals surface area contributed by atoms with Gasteiger partial charge in [0.25, 0.3) is 0 Å². The molecule has 0 fully saturated rings. The number of nitrogens with zero attached hydrogens (tertiary/aromatic N) is 3. The summed E-state index contributed by atoms with van der Waals surface area (Å²) >= 11 is 0. The van der Waals surface area contributed by atoms with Crippen molar-refractivity contribution in [1.82, 2.24) is 9.97 Å². The Hall–Kier alpha value is -2.76. The van der Waals surface area contributed by atoms with Crippen LogP contribution in [0.2, 0.25) is 0 Å². The Balaban J connectivity index is 2.29. The summed E-state index contributed by atoms with van der Waals surface area (Å²) in [5, 5.41) is 11.2. The first-order valence-electron chi connectivity index (χ1n) is 5.21. The molecule has 0 saturated heterocycles. The summed E-state index contributed by atoms with van der Waals surface area (Å²) in [6.45, 7) is 0. The largest absolute Gasteiger partial charge is 0.301 e. The average Bonchev–Trinajstić information content (AvgIpc) is 2.38. The van der Waals surface area contributed by atoms with E-state index in [-0.39, 0.29) is 5.88 Å². The number of hydrogen-bond acceptors (Lipinski definition) is 5. The lowest BCUT2D eigenvalue weighted by atomic mass is 10.1. The molecule has 0 aliphatic carbocycles. The van der Waals surface area contributed by atoms with Gasteiger partial charge in [0, 0.05) is 17.0 Å². The summed E-state index contributed by atoms with van der Waals surface area (Å²) in [4.78, 5) is 23.0. The van der Waals surface area contributed by atoms with Gasteiger partial charge in [0.15, 0.2) is 0 Å². The van der Waals surface area contributed by atoms with Crippen molar-refractivity contribution in [1.29, 1.82) is 0 Å². The zero-order chi connectivity index (χ0) is 12.5. The minimum absolute atomic E-state index is 0.0503. The van der Waals surface area contributed by atoms with Crippen molar-refractivity contribution >= 4 is 21.8 Å². The number of aromatic nitrogens is 2. The summed E-state index contributed by atoms with van der Waals surface area (Å²) in [7, 11) is 0. The SMILES string of the molecule is O=[N+]([O-])Oc1ccc2ccc3cccnc3c2n1. The Morgan fingerprint density at radius 2 is 1.78 bits per heavy atom. The molecule has 3 rings (SSSR count). The molecule has 18 heavy (non-hydrogen) atoms. The van der Waals surface area contributed by atoms with Gasteiger partial charge in [0.05, 0.1) is 11.0 Å². The molecule has 2 aromatic heterocycles. The summed E-state index contributed by atoms with van der Waals surface area (Å²) in [5.74, 6) is -0.0503. The minimum Gasteiger partial charge on any atom is -0.256 e. The maximum atomic E-state index is 10.3. The molecule has 3 aromatic rings. The van der Waals surface area contributed by atoms with Gasteiger partial charge in [0.2, 0.25) is 5.88 Å². The first-order valence-corrected chi connectivity index (χ1v) is 5.21. The number of rotatable bonds is 2. The maximum Gasteiger partial charge on any atom is 0.301 e. The van der Waals surface area contributed by atoms with Crippen LogP contribution in [0.1, 0.15) is 0 Å². The molecule has 0 aliphatic heterocycles.